The molecule has 1 atom stereocenters. The third-order valence-corrected chi connectivity index (χ3v) is 5.76. The van der Waals surface area contributed by atoms with Crippen LogP contribution >= 0.6 is 0 Å². The lowest BCUT2D eigenvalue weighted by atomic mass is 10.0. The van der Waals surface area contributed by atoms with E-state index < -0.39 is 0 Å². The minimum atomic E-state index is 0.310. The van der Waals surface area contributed by atoms with Crippen LogP contribution in [0.25, 0.3) is 5.65 Å². The molecule has 2 fully saturated rings. The quantitative estimate of drug-likeness (QED) is 0.828. The van der Waals surface area contributed by atoms with E-state index in [2.05, 4.69) is 59.5 Å². The molecule has 2 aliphatic rings. The van der Waals surface area contributed by atoms with Crippen molar-refractivity contribution in [2.24, 2.45) is 11.8 Å². The molecule has 1 saturated heterocycles. The van der Waals surface area contributed by atoms with E-state index in [0.29, 0.717) is 24.3 Å². The van der Waals surface area contributed by atoms with Crippen molar-refractivity contribution in [3.05, 3.63) is 35.8 Å². The van der Waals surface area contributed by atoms with Crippen molar-refractivity contribution >= 4 is 11.6 Å². The van der Waals surface area contributed by atoms with Gasteiger partial charge < -0.3 is 9.30 Å². The van der Waals surface area contributed by atoms with E-state index in [1.165, 1.54) is 18.4 Å². The van der Waals surface area contributed by atoms with Crippen LogP contribution < -0.4 is 0 Å². The van der Waals surface area contributed by atoms with Gasteiger partial charge in [0.1, 0.15) is 5.65 Å². The first-order valence-corrected chi connectivity index (χ1v) is 9.95. The molecule has 0 aromatic carbocycles. The smallest absolute Gasteiger partial charge is 0.224 e. The second-order valence-electron chi connectivity index (χ2n) is 8.49. The molecule has 1 saturated carbocycles. The molecule has 0 spiro atoms. The van der Waals surface area contributed by atoms with Gasteiger partial charge in [0.2, 0.25) is 5.91 Å². The van der Waals surface area contributed by atoms with E-state index >= 15 is 0 Å². The number of carbonyl (C=O) groups is 1. The molecule has 1 aliphatic carbocycles. The molecular weight excluding hydrogens is 324 g/mol. The highest BCUT2D eigenvalue weighted by molar-refractivity contribution is 5.77. The molecule has 5 nitrogen and oxygen atoms in total. The number of aromatic nitrogens is 2. The fourth-order valence-corrected chi connectivity index (χ4v) is 4.03. The zero-order valence-electron chi connectivity index (χ0n) is 16.2. The summed E-state index contributed by atoms with van der Waals surface area (Å²) in [5.74, 6) is 1.55. The van der Waals surface area contributed by atoms with Gasteiger partial charge in [-0.15, -0.1) is 0 Å². The summed E-state index contributed by atoms with van der Waals surface area (Å²) in [7, 11) is 0. The Labute approximate surface area is 156 Å². The molecule has 3 heterocycles. The molecule has 26 heavy (non-hydrogen) atoms. The molecule has 0 N–H and O–H groups in total. The highest BCUT2D eigenvalue weighted by Crippen LogP contribution is 2.32. The summed E-state index contributed by atoms with van der Waals surface area (Å²) in [5, 5.41) is 0. The first-order chi connectivity index (χ1) is 12.5. The summed E-state index contributed by atoms with van der Waals surface area (Å²) in [4.78, 5) is 22.1. The first kappa shape index (κ1) is 17.5. The molecule has 0 bridgehead atoms. The lowest BCUT2D eigenvalue weighted by molar-refractivity contribution is -0.133. The van der Waals surface area contributed by atoms with Gasteiger partial charge in [0.25, 0.3) is 0 Å². The summed E-state index contributed by atoms with van der Waals surface area (Å²) in [6.07, 6.45) is 7.45. The van der Waals surface area contributed by atoms with Crippen LogP contribution in [0.3, 0.4) is 0 Å². The summed E-state index contributed by atoms with van der Waals surface area (Å²) in [6, 6.07) is 4.48. The normalized spacial score (nSPS) is 22.4. The van der Waals surface area contributed by atoms with Gasteiger partial charge in [-0.2, -0.15) is 0 Å². The van der Waals surface area contributed by atoms with Gasteiger partial charge in [-0.25, -0.2) is 4.98 Å². The van der Waals surface area contributed by atoms with Crippen LogP contribution in [0.4, 0.5) is 0 Å². The number of nitrogens with zero attached hydrogens (tertiary/aromatic N) is 4. The predicted octanol–water partition coefficient (Wildman–Crippen LogP) is 3.11. The van der Waals surface area contributed by atoms with E-state index in [9.17, 15) is 4.79 Å². The molecule has 140 valence electrons. The SMILES string of the molecule is Cc1ccc2nc(CN3CCC(=O)N(CC4CC4)[C@H](C(C)C)C3)cn2c1. The zero-order valence-corrected chi connectivity index (χ0v) is 16.2. The van der Waals surface area contributed by atoms with Crippen LogP contribution in [0.1, 0.15) is 44.4 Å². The topological polar surface area (TPSA) is 40.9 Å². The van der Waals surface area contributed by atoms with Crippen molar-refractivity contribution < 1.29 is 4.79 Å². The Bertz CT molecular complexity index is 792. The molecule has 4 rings (SSSR count). The van der Waals surface area contributed by atoms with Crippen molar-refractivity contribution in [1.29, 1.82) is 0 Å². The Morgan fingerprint density at radius 3 is 2.77 bits per heavy atom. The standard InChI is InChI=1S/C21H30N4O/c1-15(2)19-14-23(9-8-21(26)25(19)11-17-5-6-17)12-18-13-24-10-16(3)4-7-20(24)22-18/h4,7,10,13,15,17,19H,5-6,8-9,11-12,14H2,1-3H3/t19-/m0/s1. The number of carbonyl (C=O) groups excluding carboxylic acids is 1. The molecule has 2 aromatic rings. The van der Waals surface area contributed by atoms with E-state index in [0.717, 1.165) is 43.4 Å². The maximum Gasteiger partial charge on any atom is 0.224 e. The number of pyridine rings is 1. The summed E-state index contributed by atoms with van der Waals surface area (Å²) in [5.41, 5.74) is 3.31. The molecule has 0 unspecified atom stereocenters. The van der Waals surface area contributed by atoms with E-state index in [1.807, 2.05) is 0 Å². The van der Waals surface area contributed by atoms with Crippen molar-refractivity contribution in [3.63, 3.8) is 0 Å². The Kier molecular flexibility index (Phi) is 4.74. The predicted molar refractivity (Wildman–Crippen MR) is 103 cm³/mol. The number of rotatable bonds is 5. The van der Waals surface area contributed by atoms with Crippen LogP contribution in [0, 0.1) is 18.8 Å². The fourth-order valence-electron chi connectivity index (χ4n) is 4.03. The zero-order chi connectivity index (χ0) is 18.3. The van der Waals surface area contributed by atoms with Gasteiger partial charge in [-0.05, 0) is 43.2 Å². The van der Waals surface area contributed by atoms with E-state index in [-0.39, 0.29) is 0 Å². The second-order valence-corrected chi connectivity index (χ2v) is 8.49. The minimum Gasteiger partial charge on any atom is -0.338 e. The molecule has 1 aliphatic heterocycles. The van der Waals surface area contributed by atoms with Gasteiger partial charge in [0.05, 0.1) is 5.69 Å². The summed E-state index contributed by atoms with van der Waals surface area (Å²) >= 11 is 0. The van der Waals surface area contributed by atoms with E-state index in [1.54, 1.807) is 0 Å². The number of fused-ring (bicyclic) bond motifs is 1. The summed E-state index contributed by atoms with van der Waals surface area (Å²) < 4.78 is 2.10. The average molecular weight is 354 g/mol. The van der Waals surface area contributed by atoms with Gasteiger partial charge >= 0.3 is 0 Å². The Morgan fingerprint density at radius 2 is 2.04 bits per heavy atom. The third-order valence-electron chi connectivity index (χ3n) is 5.76. The average Bonchev–Trinajstić information content (AvgIpc) is 3.35. The first-order valence-electron chi connectivity index (χ1n) is 9.95. The van der Waals surface area contributed by atoms with Gasteiger partial charge in [0, 0.05) is 51.0 Å². The Hall–Kier alpha value is -1.88. The van der Waals surface area contributed by atoms with Gasteiger partial charge in [0.15, 0.2) is 0 Å². The van der Waals surface area contributed by atoms with Gasteiger partial charge in [-0.3, -0.25) is 9.69 Å². The van der Waals surface area contributed by atoms with Crippen molar-refractivity contribution in [1.82, 2.24) is 19.2 Å². The van der Waals surface area contributed by atoms with Crippen LogP contribution in [-0.4, -0.2) is 50.8 Å². The van der Waals surface area contributed by atoms with Crippen LogP contribution in [0.15, 0.2) is 24.5 Å². The third kappa shape index (κ3) is 3.78. The summed E-state index contributed by atoms with van der Waals surface area (Å²) in [6.45, 7) is 10.1. The van der Waals surface area contributed by atoms with Crippen molar-refractivity contribution in [3.8, 4) is 0 Å². The number of amides is 1. The fraction of sp³-hybridized carbons (Fsp3) is 0.619. The van der Waals surface area contributed by atoms with Crippen LogP contribution in [0.5, 0.6) is 0 Å². The highest BCUT2D eigenvalue weighted by atomic mass is 16.2. The van der Waals surface area contributed by atoms with E-state index in [4.69, 9.17) is 4.98 Å². The Balaban J connectivity index is 1.51. The monoisotopic (exact) mass is 354 g/mol. The lowest BCUT2D eigenvalue weighted by Crippen LogP contribution is -2.47. The molecule has 2 aromatic heterocycles. The number of aryl methyl sites for hydroxylation is 1. The Morgan fingerprint density at radius 1 is 1.23 bits per heavy atom. The lowest BCUT2D eigenvalue weighted by Gasteiger charge is -2.34. The maximum absolute atomic E-state index is 12.7. The minimum absolute atomic E-state index is 0.310. The molecule has 0 radical (unpaired) electrons. The number of imidazole rings is 1. The number of hydrogen-bond acceptors (Lipinski definition) is 3. The maximum atomic E-state index is 12.7. The van der Waals surface area contributed by atoms with Crippen molar-refractivity contribution in [2.75, 3.05) is 19.6 Å². The second kappa shape index (κ2) is 7.03. The molecule has 1 amide bonds. The van der Waals surface area contributed by atoms with Crippen LogP contribution in [0.2, 0.25) is 0 Å². The number of hydrogen-bond donors (Lipinski definition) is 0. The largest absolute Gasteiger partial charge is 0.338 e. The molecular formula is C21H30N4O. The van der Waals surface area contributed by atoms with Crippen molar-refractivity contribution in [2.45, 2.75) is 52.6 Å². The van der Waals surface area contributed by atoms with Crippen LogP contribution in [-0.2, 0) is 11.3 Å². The molecule has 5 heteroatoms. The van der Waals surface area contributed by atoms with Gasteiger partial charge in [-0.1, -0.05) is 19.9 Å². The highest BCUT2D eigenvalue weighted by Gasteiger charge is 2.35.